The Morgan fingerprint density at radius 1 is 0.929 bits per heavy atom. The van der Waals surface area contributed by atoms with Crippen LogP contribution in [0.1, 0.15) is 19.4 Å². The van der Waals surface area contributed by atoms with E-state index >= 15 is 0 Å². The molecule has 0 saturated heterocycles. The standard InChI is InChI=1S/C20H20N6OS/c1-20(2,13-8-5-4-6-9-13)26-18-23-17(24-19(25-18)27-3)22-14-10-7-11-15-16(14)21-12-28-15/h4-12H,1-3H3,(H2,22,23,24,25,26). The number of hydrogen-bond acceptors (Lipinski definition) is 8. The highest BCUT2D eigenvalue weighted by molar-refractivity contribution is 7.16. The minimum absolute atomic E-state index is 0.231. The molecule has 2 aromatic carbocycles. The van der Waals surface area contributed by atoms with Gasteiger partial charge in [0.05, 0.1) is 28.5 Å². The molecule has 2 N–H and O–H groups in total. The monoisotopic (exact) mass is 392 g/mol. The first-order chi connectivity index (χ1) is 13.5. The van der Waals surface area contributed by atoms with Gasteiger partial charge in [-0.15, -0.1) is 11.3 Å². The van der Waals surface area contributed by atoms with Crippen LogP contribution >= 0.6 is 11.3 Å². The van der Waals surface area contributed by atoms with Gasteiger partial charge in [0, 0.05) is 0 Å². The fourth-order valence-corrected chi connectivity index (χ4v) is 3.58. The number of thiazole rings is 1. The largest absolute Gasteiger partial charge is 0.467 e. The Hall–Kier alpha value is -3.26. The van der Waals surface area contributed by atoms with E-state index in [1.165, 1.54) is 7.11 Å². The van der Waals surface area contributed by atoms with Crippen LogP contribution in [-0.2, 0) is 5.54 Å². The predicted molar refractivity (Wildman–Crippen MR) is 112 cm³/mol. The first-order valence-corrected chi connectivity index (χ1v) is 9.66. The van der Waals surface area contributed by atoms with Gasteiger partial charge in [-0.05, 0) is 31.5 Å². The highest BCUT2D eigenvalue weighted by Crippen LogP contribution is 2.28. The van der Waals surface area contributed by atoms with E-state index in [-0.39, 0.29) is 11.5 Å². The van der Waals surface area contributed by atoms with Crippen LogP contribution in [0.4, 0.5) is 17.6 Å². The quantitative estimate of drug-likeness (QED) is 0.497. The topological polar surface area (TPSA) is 84.8 Å². The second-order valence-corrected chi connectivity index (χ2v) is 7.60. The number of methoxy groups -OCH3 is 1. The van der Waals surface area contributed by atoms with Gasteiger partial charge in [0.1, 0.15) is 5.52 Å². The fraction of sp³-hybridized carbons (Fsp3) is 0.200. The van der Waals surface area contributed by atoms with E-state index in [0.29, 0.717) is 11.9 Å². The molecule has 0 atom stereocenters. The number of anilines is 3. The summed E-state index contributed by atoms with van der Waals surface area (Å²) >= 11 is 1.59. The van der Waals surface area contributed by atoms with Gasteiger partial charge in [-0.25, -0.2) is 4.98 Å². The average molecular weight is 392 g/mol. The van der Waals surface area contributed by atoms with Crippen molar-refractivity contribution in [3.8, 4) is 6.01 Å². The fourth-order valence-electron chi connectivity index (χ4n) is 2.87. The zero-order valence-electron chi connectivity index (χ0n) is 15.8. The third-order valence-electron chi connectivity index (χ3n) is 4.32. The van der Waals surface area contributed by atoms with Gasteiger partial charge in [-0.2, -0.15) is 15.0 Å². The molecule has 7 nitrogen and oxygen atoms in total. The Balaban J connectivity index is 1.65. The number of fused-ring (bicyclic) bond motifs is 1. The number of nitrogens with zero attached hydrogens (tertiary/aromatic N) is 4. The van der Waals surface area contributed by atoms with E-state index in [0.717, 1.165) is 21.5 Å². The summed E-state index contributed by atoms with van der Waals surface area (Å²) in [4.78, 5) is 17.6. The van der Waals surface area contributed by atoms with E-state index in [2.05, 4.69) is 56.5 Å². The third kappa shape index (κ3) is 3.72. The molecule has 0 saturated carbocycles. The molecule has 8 heteroatoms. The molecule has 0 aliphatic rings. The molecule has 0 aliphatic heterocycles. The SMILES string of the molecule is COc1nc(Nc2cccc3scnc23)nc(NC(C)(C)c2ccccc2)n1. The minimum atomic E-state index is -0.375. The maximum atomic E-state index is 5.27. The number of aromatic nitrogens is 4. The summed E-state index contributed by atoms with van der Waals surface area (Å²) in [7, 11) is 1.53. The second-order valence-electron chi connectivity index (χ2n) is 6.72. The van der Waals surface area contributed by atoms with E-state index < -0.39 is 0 Å². The van der Waals surface area contributed by atoms with E-state index in [1.807, 2.05) is 41.9 Å². The summed E-state index contributed by atoms with van der Waals surface area (Å²) in [5.74, 6) is 0.812. The van der Waals surface area contributed by atoms with Crippen molar-refractivity contribution in [1.82, 2.24) is 19.9 Å². The molecule has 0 radical (unpaired) electrons. The highest BCUT2D eigenvalue weighted by Gasteiger charge is 2.22. The molecule has 0 unspecified atom stereocenters. The predicted octanol–water partition coefficient (Wildman–Crippen LogP) is 4.58. The maximum absolute atomic E-state index is 5.27. The molecule has 0 fully saturated rings. The summed E-state index contributed by atoms with van der Waals surface area (Å²) in [5.41, 5.74) is 4.28. The maximum Gasteiger partial charge on any atom is 0.322 e. The Kier molecular flexibility index (Phi) is 4.79. The van der Waals surface area contributed by atoms with Crippen LogP contribution in [0.25, 0.3) is 10.2 Å². The molecule has 0 bridgehead atoms. The molecular weight excluding hydrogens is 372 g/mol. The van der Waals surface area contributed by atoms with Crippen LogP contribution < -0.4 is 15.4 Å². The van der Waals surface area contributed by atoms with Crippen molar-refractivity contribution >= 4 is 39.1 Å². The first-order valence-electron chi connectivity index (χ1n) is 8.78. The lowest BCUT2D eigenvalue weighted by atomic mass is 9.95. The van der Waals surface area contributed by atoms with Crippen molar-refractivity contribution in [3.63, 3.8) is 0 Å². The Labute approximate surface area is 166 Å². The second kappa shape index (κ2) is 7.40. The summed E-state index contributed by atoms with van der Waals surface area (Å²) in [6.07, 6.45) is 0. The lowest BCUT2D eigenvalue weighted by Gasteiger charge is -2.27. The molecule has 142 valence electrons. The molecule has 4 rings (SSSR count). The van der Waals surface area contributed by atoms with Crippen LogP contribution in [0.5, 0.6) is 6.01 Å². The molecule has 0 amide bonds. The van der Waals surface area contributed by atoms with Gasteiger partial charge in [-0.3, -0.25) is 0 Å². The van der Waals surface area contributed by atoms with Crippen LogP contribution in [0.2, 0.25) is 0 Å². The summed E-state index contributed by atoms with van der Waals surface area (Å²) < 4.78 is 6.36. The molecule has 0 spiro atoms. The lowest BCUT2D eigenvalue weighted by molar-refractivity contribution is 0.379. The van der Waals surface area contributed by atoms with Crippen molar-refractivity contribution in [2.75, 3.05) is 17.7 Å². The van der Waals surface area contributed by atoms with Crippen LogP contribution in [0.3, 0.4) is 0 Å². The van der Waals surface area contributed by atoms with Crippen molar-refractivity contribution < 1.29 is 4.74 Å². The molecule has 2 aromatic heterocycles. The Bertz CT molecular complexity index is 1100. The van der Waals surface area contributed by atoms with Crippen LogP contribution in [-0.4, -0.2) is 27.0 Å². The zero-order valence-corrected chi connectivity index (χ0v) is 16.6. The number of nitrogens with one attached hydrogen (secondary N) is 2. The number of para-hydroxylation sites is 1. The zero-order chi connectivity index (χ0) is 19.6. The van der Waals surface area contributed by atoms with Gasteiger partial charge in [-0.1, -0.05) is 36.4 Å². The average Bonchev–Trinajstić information content (AvgIpc) is 3.18. The van der Waals surface area contributed by atoms with Crippen LogP contribution in [0, 0.1) is 0 Å². The normalized spacial score (nSPS) is 11.4. The first kappa shape index (κ1) is 18.1. The van der Waals surface area contributed by atoms with Gasteiger partial charge in [0.2, 0.25) is 11.9 Å². The van der Waals surface area contributed by atoms with Gasteiger partial charge < -0.3 is 15.4 Å². The summed E-state index contributed by atoms with van der Waals surface area (Å²) in [6.45, 7) is 4.14. The number of ether oxygens (including phenoxy) is 1. The van der Waals surface area contributed by atoms with Gasteiger partial charge >= 0.3 is 6.01 Å². The number of hydrogen-bond donors (Lipinski definition) is 2. The van der Waals surface area contributed by atoms with Crippen molar-refractivity contribution in [2.45, 2.75) is 19.4 Å². The smallest absolute Gasteiger partial charge is 0.322 e. The molecule has 2 heterocycles. The summed E-state index contributed by atoms with van der Waals surface area (Å²) in [5, 5.41) is 6.61. The van der Waals surface area contributed by atoms with Gasteiger partial charge in [0.25, 0.3) is 0 Å². The lowest BCUT2D eigenvalue weighted by Crippen LogP contribution is -2.29. The molecular formula is C20H20N6OS. The van der Waals surface area contributed by atoms with Crippen molar-refractivity contribution in [3.05, 3.63) is 59.6 Å². The van der Waals surface area contributed by atoms with Crippen LogP contribution in [0.15, 0.2) is 54.0 Å². The third-order valence-corrected chi connectivity index (χ3v) is 5.12. The number of rotatable bonds is 6. The van der Waals surface area contributed by atoms with E-state index in [9.17, 15) is 0 Å². The Morgan fingerprint density at radius 3 is 2.50 bits per heavy atom. The van der Waals surface area contributed by atoms with Crippen molar-refractivity contribution in [2.24, 2.45) is 0 Å². The Morgan fingerprint density at radius 2 is 1.71 bits per heavy atom. The number of benzene rings is 2. The van der Waals surface area contributed by atoms with Gasteiger partial charge in [0.15, 0.2) is 0 Å². The van der Waals surface area contributed by atoms with E-state index in [1.54, 1.807) is 11.3 Å². The van der Waals surface area contributed by atoms with E-state index in [4.69, 9.17) is 4.74 Å². The summed E-state index contributed by atoms with van der Waals surface area (Å²) in [6, 6.07) is 16.3. The molecule has 28 heavy (non-hydrogen) atoms. The molecule has 0 aliphatic carbocycles. The minimum Gasteiger partial charge on any atom is -0.467 e. The highest BCUT2D eigenvalue weighted by atomic mass is 32.1. The molecule has 4 aromatic rings. The van der Waals surface area contributed by atoms with Crippen molar-refractivity contribution in [1.29, 1.82) is 0 Å².